The Balaban J connectivity index is 1.79. The van der Waals surface area contributed by atoms with E-state index in [4.69, 9.17) is 9.72 Å². The number of aromatic nitrogens is 2. The Hall–Kier alpha value is -2.08. The van der Waals surface area contributed by atoms with Crippen LogP contribution < -0.4 is 10.2 Å². The fourth-order valence-electron chi connectivity index (χ4n) is 3.71. The fourth-order valence-corrected chi connectivity index (χ4v) is 3.71. The summed E-state index contributed by atoms with van der Waals surface area (Å²) in [5.74, 6) is 1.78. The average molecular weight is 373 g/mol. The van der Waals surface area contributed by atoms with E-state index in [0.29, 0.717) is 19.1 Å². The lowest BCUT2D eigenvalue weighted by molar-refractivity contribution is -0.125. The molecule has 3 rings (SSSR count). The molecule has 0 spiro atoms. The number of nitrogens with zero attached hydrogens (tertiary/aromatic N) is 3. The van der Waals surface area contributed by atoms with Gasteiger partial charge < -0.3 is 19.5 Å². The Kier molecular flexibility index (Phi) is 6.72. The predicted octanol–water partition coefficient (Wildman–Crippen LogP) is 3.06. The third kappa shape index (κ3) is 4.80. The molecule has 0 radical (unpaired) electrons. The van der Waals surface area contributed by atoms with Gasteiger partial charge in [0.25, 0.3) is 0 Å². The number of aryl methyl sites for hydroxylation is 1. The lowest BCUT2D eigenvalue weighted by Gasteiger charge is -2.33. The molecule has 0 bridgehead atoms. The van der Waals surface area contributed by atoms with Crippen LogP contribution >= 0.6 is 0 Å². The van der Waals surface area contributed by atoms with Crippen LogP contribution in [0.1, 0.15) is 33.1 Å². The SMILES string of the molecule is COCCNC(=O)[C@H]1CCCN(c2nc3ccccc3n2CCC(C)C)C1. The van der Waals surface area contributed by atoms with Crippen molar-refractivity contribution >= 4 is 22.9 Å². The zero-order valence-corrected chi connectivity index (χ0v) is 16.8. The van der Waals surface area contributed by atoms with Crippen LogP contribution in [0.4, 0.5) is 5.95 Å². The molecule has 27 heavy (non-hydrogen) atoms. The second-order valence-electron chi connectivity index (χ2n) is 7.80. The Morgan fingerprint density at radius 1 is 1.37 bits per heavy atom. The van der Waals surface area contributed by atoms with E-state index in [0.717, 1.165) is 50.4 Å². The van der Waals surface area contributed by atoms with Crippen molar-refractivity contribution in [2.45, 2.75) is 39.7 Å². The number of para-hydroxylation sites is 2. The van der Waals surface area contributed by atoms with E-state index < -0.39 is 0 Å². The van der Waals surface area contributed by atoms with Crippen LogP contribution in [-0.4, -0.2) is 48.8 Å². The number of hydrogen-bond donors (Lipinski definition) is 1. The van der Waals surface area contributed by atoms with E-state index in [1.54, 1.807) is 7.11 Å². The summed E-state index contributed by atoms with van der Waals surface area (Å²) in [5, 5.41) is 2.99. The molecule has 1 atom stereocenters. The standard InChI is InChI=1S/C21H32N4O2/c1-16(2)10-13-25-19-9-5-4-8-18(19)23-21(25)24-12-6-7-17(15-24)20(26)22-11-14-27-3/h4-5,8-9,16-17H,6-7,10-15H2,1-3H3,(H,22,26)/t17-/m0/s1. The largest absolute Gasteiger partial charge is 0.383 e. The number of anilines is 1. The van der Waals surface area contributed by atoms with Gasteiger partial charge in [0.05, 0.1) is 23.6 Å². The highest BCUT2D eigenvalue weighted by atomic mass is 16.5. The highest BCUT2D eigenvalue weighted by Crippen LogP contribution is 2.27. The van der Waals surface area contributed by atoms with Crippen molar-refractivity contribution in [3.8, 4) is 0 Å². The maximum Gasteiger partial charge on any atom is 0.224 e. The van der Waals surface area contributed by atoms with E-state index in [2.05, 4.69) is 46.8 Å². The normalized spacial score (nSPS) is 17.6. The van der Waals surface area contributed by atoms with E-state index >= 15 is 0 Å². The molecule has 1 fully saturated rings. The van der Waals surface area contributed by atoms with Crippen LogP contribution in [0.15, 0.2) is 24.3 Å². The molecule has 6 nitrogen and oxygen atoms in total. The Bertz CT molecular complexity index is 756. The molecule has 1 N–H and O–H groups in total. The number of carbonyl (C=O) groups excluding carboxylic acids is 1. The first-order valence-electron chi connectivity index (χ1n) is 10.1. The minimum absolute atomic E-state index is 0.00830. The summed E-state index contributed by atoms with van der Waals surface area (Å²) >= 11 is 0. The van der Waals surface area contributed by atoms with Gasteiger partial charge in [-0.15, -0.1) is 0 Å². The van der Waals surface area contributed by atoms with Crippen molar-refractivity contribution in [1.82, 2.24) is 14.9 Å². The quantitative estimate of drug-likeness (QED) is 0.724. The number of nitrogens with one attached hydrogen (secondary N) is 1. The van der Waals surface area contributed by atoms with Crippen molar-refractivity contribution in [3.05, 3.63) is 24.3 Å². The molecule has 2 heterocycles. The van der Waals surface area contributed by atoms with Crippen molar-refractivity contribution in [2.75, 3.05) is 38.3 Å². The first-order chi connectivity index (χ1) is 13.1. The van der Waals surface area contributed by atoms with Gasteiger partial charge >= 0.3 is 0 Å². The van der Waals surface area contributed by atoms with Gasteiger partial charge in [0, 0.05) is 33.3 Å². The molecule has 0 unspecified atom stereocenters. The smallest absolute Gasteiger partial charge is 0.224 e. The summed E-state index contributed by atoms with van der Waals surface area (Å²) in [6.45, 7) is 8.25. The first kappa shape index (κ1) is 19.7. The monoisotopic (exact) mass is 372 g/mol. The van der Waals surface area contributed by atoms with Crippen molar-refractivity contribution < 1.29 is 9.53 Å². The molecule has 148 valence electrons. The summed E-state index contributed by atoms with van der Waals surface area (Å²) in [5.41, 5.74) is 2.21. The van der Waals surface area contributed by atoms with Gasteiger partial charge in [-0.05, 0) is 37.3 Å². The van der Waals surface area contributed by atoms with Gasteiger partial charge in [-0.2, -0.15) is 0 Å². The van der Waals surface area contributed by atoms with E-state index in [1.807, 2.05) is 6.07 Å². The van der Waals surface area contributed by atoms with Gasteiger partial charge in [-0.25, -0.2) is 4.98 Å². The Morgan fingerprint density at radius 3 is 2.96 bits per heavy atom. The third-order valence-electron chi connectivity index (χ3n) is 5.24. The number of carbonyl (C=O) groups is 1. The summed E-state index contributed by atoms with van der Waals surface area (Å²) in [6, 6.07) is 8.32. The zero-order chi connectivity index (χ0) is 19.2. The molecule has 6 heteroatoms. The van der Waals surface area contributed by atoms with E-state index in [-0.39, 0.29) is 11.8 Å². The zero-order valence-electron chi connectivity index (χ0n) is 16.8. The molecule has 0 aliphatic carbocycles. The second kappa shape index (κ2) is 9.22. The number of piperidine rings is 1. The van der Waals surface area contributed by atoms with Crippen molar-refractivity contribution in [2.24, 2.45) is 11.8 Å². The van der Waals surface area contributed by atoms with Gasteiger partial charge in [0.2, 0.25) is 11.9 Å². The highest BCUT2D eigenvalue weighted by Gasteiger charge is 2.28. The Morgan fingerprint density at radius 2 is 2.19 bits per heavy atom. The number of amides is 1. The van der Waals surface area contributed by atoms with Gasteiger partial charge in [-0.3, -0.25) is 4.79 Å². The Labute approximate surface area is 161 Å². The van der Waals surface area contributed by atoms with Crippen LogP contribution in [0.25, 0.3) is 11.0 Å². The average Bonchev–Trinajstić information content (AvgIpc) is 3.05. The summed E-state index contributed by atoms with van der Waals surface area (Å²) in [7, 11) is 1.65. The van der Waals surface area contributed by atoms with Crippen molar-refractivity contribution in [3.63, 3.8) is 0 Å². The fraction of sp³-hybridized carbons (Fsp3) is 0.619. The molecule has 1 aromatic carbocycles. The number of benzene rings is 1. The minimum Gasteiger partial charge on any atom is -0.383 e. The second-order valence-corrected chi connectivity index (χ2v) is 7.80. The van der Waals surface area contributed by atoms with Gasteiger partial charge in [-0.1, -0.05) is 26.0 Å². The molecular formula is C21H32N4O2. The molecule has 1 aliphatic rings. The third-order valence-corrected chi connectivity index (χ3v) is 5.24. The van der Waals surface area contributed by atoms with Crippen LogP contribution in [-0.2, 0) is 16.1 Å². The van der Waals surface area contributed by atoms with Crippen LogP contribution in [0.5, 0.6) is 0 Å². The van der Waals surface area contributed by atoms with Crippen LogP contribution in [0.3, 0.4) is 0 Å². The number of hydrogen-bond acceptors (Lipinski definition) is 4. The number of fused-ring (bicyclic) bond motifs is 1. The lowest BCUT2D eigenvalue weighted by Crippen LogP contribution is -2.44. The summed E-state index contributed by atoms with van der Waals surface area (Å²) in [4.78, 5) is 19.7. The maximum atomic E-state index is 12.5. The number of methoxy groups -OCH3 is 1. The first-order valence-corrected chi connectivity index (χ1v) is 10.1. The minimum atomic E-state index is 0.00830. The molecule has 1 aromatic heterocycles. The number of imidazole rings is 1. The van der Waals surface area contributed by atoms with E-state index in [9.17, 15) is 4.79 Å². The lowest BCUT2D eigenvalue weighted by atomic mass is 9.97. The molecule has 0 saturated carbocycles. The maximum absolute atomic E-state index is 12.5. The van der Waals surface area contributed by atoms with Crippen LogP contribution in [0.2, 0.25) is 0 Å². The molecule has 1 saturated heterocycles. The molecule has 2 aromatic rings. The van der Waals surface area contributed by atoms with Crippen molar-refractivity contribution in [1.29, 1.82) is 0 Å². The molecule has 1 amide bonds. The topological polar surface area (TPSA) is 59.4 Å². The molecular weight excluding hydrogens is 340 g/mol. The van der Waals surface area contributed by atoms with Gasteiger partial charge in [0.1, 0.15) is 0 Å². The molecule has 1 aliphatic heterocycles. The van der Waals surface area contributed by atoms with Gasteiger partial charge in [0.15, 0.2) is 0 Å². The summed E-state index contributed by atoms with van der Waals surface area (Å²) < 4.78 is 7.36. The summed E-state index contributed by atoms with van der Waals surface area (Å²) in [6.07, 6.45) is 3.05. The van der Waals surface area contributed by atoms with Crippen LogP contribution in [0, 0.1) is 11.8 Å². The van der Waals surface area contributed by atoms with E-state index in [1.165, 1.54) is 5.52 Å². The number of ether oxygens (including phenoxy) is 1. The predicted molar refractivity (Wildman–Crippen MR) is 109 cm³/mol. The highest BCUT2D eigenvalue weighted by molar-refractivity contribution is 5.81. The number of rotatable bonds is 8.